The zero-order valence-electron chi connectivity index (χ0n) is 24.0. The highest BCUT2D eigenvalue weighted by atomic mass is 32.2. The number of carboxylic acids is 2. The van der Waals surface area contributed by atoms with Crippen LogP contribution in [0.25, 0.3) is 0 Å². The number of carbonyl (C=O) groups excluding carboxylic acids is 2. The Labute approximate surface area is 276 Å². The number of nitrogens with two attached hydrogens (primary N) is 3. The van der Waals surface area contributed by atoms with Crippen molar-refractivity contribution in [2.45, 2.75) is 29.6 Å². The van der Waals surface area contributed by atoms with E-state index in [-0.39, 0.29) is 50.4 Å². The van der Waals surface area contributed by atoms with E-state index >= 15 is 0 Å². The molecule has 0 saturated carbocycles. The van der Waals surface area contributed by atoms with E-state index < -0.39 is 58.5 Å². The van der Waals surface area contributed by atoms with Gasteiger partial charge in [0.05, 0.1) is 0 Å². The minimum Gasteiger partial charge on any atom is -0.504 e. The number of anilines is 3. The number of hydrogen-bond acceptors (Lipinski definition) is 17. The Bertz CT molecular complexity index is 1840. The van der Waals surface area contributed by atoms with Crippen LogP contribution in [0.2, 0.25) is 0 Å². The molecule has 0 bridgehead atoms. The summed E-state index contributed by atoms with van der Waals surface area (Å²) in [7, 11) is 0. The molecule has 3 atom stereocenters. The second-order valence-corrected chi connectivity index (χ2v) is 12.8. The predicted octanol–water partition coefficient (Wildman–Crippen LogP) is 0.477. The summed E-state index contributed by atoms with van der Waals surface area (Å²) in [6, 6.07) is 1.99. The van der Waals surface area contributed by atoms with Crippen LogP contribution in [0.3, 0.4) is 0 Å². The van der Waals surface area contributed by atoms with Crippen molar-refractivity contribution in [1.29, 1.82) is 0 Å². The van der Waals surface area contributed by atoms with Crippen molar-refractivity contribution in [2.24, 2.45) is 5.16 Å². The average molecular weight is 704 g/mol. The normalized spacial score (nSPS) is 18.3. The molecular formula is C26H25N9O9S3. The Balaban J connectivity index is 1.35. The molecule has 2 aromatic heterocycles. The highest BCUT2D eigenvalue weighted by Crippen LogP contribution is 2.41. The van der Waals surface area contributed by atoms with Gasteiger partial charge in [-0.3, -0.25) is 14.5 Å². The van der Waals surface area contributed by atoms with Crippen LogP contribution in [0.4, 0.5) is 16.8 Å². The summed E-state index contributed by atoms with van der Waals surface area (Å²) in [6.07, 6.45) is -1.83. The topological polar surface area (TPSA) is 303 Å². The average Bonchev–Trinajstić information content (AvgIpc) is 3.45. The van der Waals surface area contributed by atoms with Gasteiger partial charge < -0.3 is 47.8 Å². The molecule has 0 spiro atoms. The van der Waals surface area contributed by atoms with Crippen molar-refractivity contribution in [3.8, 4) is 11.5 Å². The Morgan fingerprint density at radius 2 is 1.85 bits per heavy atom. The highest BCUT2D eigenvalue weighted by molar-refractivity contribution is 8.01. The summed E-state index contributed by atoms with van der Waals surface area (Å²) in [6.45, 7) is 1.66. The van der Waals surface area contributed by atoms with Crippen LogP contribution in [0, 0.1) is 6.92 Å². The molecule has 2 aliphatic rings. The van der Waals surface area contributed by atoms with Gasteiger partial charge in [0, 0.05) is 28.0 Å². The van der Waals surface area contributed by atoms with Gasteiger partial charge in [0.2, 0.25) is 6.10 Å². The number of rotatable bonds is 11. The summed E-state index contributed by atoms with van der Waals surface area (Å²) in [5.74, 6) is -5.00. The van der Waals surface area contributed by atoms with E-state index in [1.807, 2.05) is 0 Å². The van der Waals surface area contributed by atoms with E-state index in [1.165, 1.54) is 23.2 Å². The quantitative estimate of drug-likeness (QED) is 0.0336. The molecule has 1 fully saturated rings. The minimum absolute atomic E-state index is 0.0514. The number of phenolic OH excluding ortho intramolecular Hbond substituents is 2. The lowest BCUT2D eigenvalue weighted by molar-refractivity contribution is -0.151. The number of nitrogens with zero attached hydrogens (tertiary/aromatic N) is 5. The molecule has 2 aliphatic heterocycles. The summed E-state index contributed by atoms with van der Waals surface area (Å²) < 4.78 is 0. The Hall–Kier alpha value is -5.28. The SMILES string of the molecule is Cc1c(N)nc(SCC2=C(C(=O)O)N3C(=O)[C@@H](NC(=O)/C(=N\O[C@H](C(=O)O)c4ccc(O)c(O)c4)c4csc(N)n4)[C@H]3SC2)nc1N. The Morgan fingerprint density at radius 3 is 2.45 bits per heavy atom. The first-order chi connectivity index (χ1) is 22.3. The molecule has 0 aliphatic carbocycles. The number of benzene rings is 1. The molecule has 18 nitrogen and oxygen atoms in total. The second-order valence-electron chi connectivity index (χ2n) is 9.89. The van der Waals surface area contributed by atoms with Gasteiger partial charge in [-0.2, -0.15) is 0 Å². The summed E-state index contributed by atoms with van der Waals surface area (Å²) in [4.78, 5) is 69.5. The fourth-order valence-corrected chi connectivity index (χ4v) is 7.30. The van der Waals surface area contributed by atoms with Crippen molar-refractivity contribution in [1.82, 2.24) is 25.2 Å². The maximum atomic E-state index is 13.4. The van der Waals surface area contributed by atoms with Gasteiger partial charge in [-0.15, -0.1) is 23.1 Å². The summed E-state index contributed by atoms with van der Waals surface area (Å²) >= 11 is 3.27. The number of β-lactam (4-membered cyclic amide) rings is 1. The molecule has 3 aromatic rings. The molecule has 246 valence electrons. The van der Waals surface area contributed by atoms with Crippen molar-refractivity contribution in [2.75, 3.05) is 28.7 Å². The lowest BCUT2D eigenvalue weighted by Gasteiger charge is -2.49. The molecule has 47 heavy (non-hydrogen) atoms. The fourth-order valence-electron chi connectivity index (χ4n) is 4.41. The standard InChI is InChI=1S/C26H25N9O9S3/c1-8-18(27)32-26(33-19(8)28)47-6-10-5-45-22-15(21(39)35(22)16(10)23(40)41)31-20(38)14(11-7-46-25(29)30-11)34-44-17(24(42)43)9-2-3-12(36)13(37)4-9/h2-4,7,15,17,22,36-37H,5-6H2,1H3,(H2,29,30)(H,31,38)(H,40,41)(H,42,43)(H4,27,28,32,33)/b34-14-/t15-,17+,22-/m1/s1. The summed E-state index contributed by atoms with van der Waals surface area (Å²) in [5.41, 5.74) is 17.4. The van der Waals surface area contributed by atoms with E-state index in [9.17, 15) is 39.6 Å². The van der Waals surface area contributed by atoms with E-state index in [2.05, 4.69) is 25.4 Å². The number of carbonyl (C=O) groups is 4. The van der Waals surface area contributed by atoms with E-state index in [1.54, 1.807) is 6.92 Å². The number of aromatic nitrogens is 3. The number of nitrogens with one attached hydrogen (secondary N) is 1. The maximum absolute atomic E-state index is 13.4. The molecule has 5 rings (SSSR count). The Kier molecular flexibility index (Phi) is 9.31. The first kappa shape index (κ1) is 33.1. The number of thioether (sulfide) groups is 2. The van der Waals surface area contributed by atoms with Gasteiger partial charge in [0.15, 0.2) is 27.5 Å². The number of amides is 2. The molecule has 4 heterocycles. The van der Waals surface area contributed by atoms with E-state index in [0.717, 1.165) is 40.1 Å². The number of fused-ring (bicyclic) bond motifs is 1. The number of phenols is 2. The lowest BCUT2D eigenvalue weighted by atomic mass is 10.0. The number of carboxylic acid groups (broad SMARTS) is 2. The zero-order chi connectivity index (χ0) is 34.2. The van der Waals surface area contributed by atoms with Crippen LogP contribution in [-0.2, 0) is 24.0 Å². The molecule has 1 saturated heterocycles. The van der Waals surface area contributed by atoms with E-state index in [4.69, 9.17) is 22.0 Å². The third kappa shape index (κ3) is 6.66. The third-order valence-corrected chi connectivity index (χ3v) is 9.82. The van der Waals surface area contributed by atoms with Gasteiger partial charge in [-0.25, -0.2) is 24.5 Å². The van der Waals surface area contributed by atoms with E-state index in [0.29, 0.717) is 11.1 Å². The van der Waals surface area contributed by atoms with Crippen LogP contribution in [0.15, 0.2) is 45.2 Å². The number of nitrogen functional groups attached to an aromatic ring is 3. The number of aromatic hydroxyl groups is 2. The molecule has 2 amide bonds. The molecule has 21 heteroatoms. The van der Waals surface area contributed by atoms with Crippen molar-refractivity contribution < 1.29 is 44.4 Å². The van der Waals surface area contributed by atoms with Gasteiger partial charge in [-0.1, -0.05) is 23.0 Å². The zero-order valence-corrected chi connectivity index (χ0v) is 26.4. The Morgan fingerprint density at radius 1 is 1.15 bits per heavy atom. The second kappa shape index (κ2) is 13.2. The highest BCUT2D eigenvalue weighted by Gasteiger charge is 2.54. The van der Waals surface area contributed by atoms with Crippen LogP contribution in [-0.4, -0.2) is 92.7 Å². The first-order valence-corrected chi connectivity index (χ1v) is 16.1. The molecule has 0 radical (unpaired) electrons. The molecule has 0 unspecified atom stereocenters. The monoisotopic (exact) mass is 703 g/mol. The van der Waals surface area contributed by atoms with Crippen molar-refractivity contribution >= 4 is 81.1 Å². The van der Waals surface area contributed by atoms with Crippen LogP contribution >= 0.6 is 34.9 Å². The number of oxime groups is 1. The lowest BCUT2D eigenvalue weighted by Crippen LogP contribution is -2.71. The number of aliphatic carboxylic acids is 2. The first-order valence-electron chi connectivity index (χ1n) is 13.2. The fraction of sp³-hybridized carbons (Fsp3) is 0.231. The molecule has 11 N–H and O–H groups in total. The van der Waals surface area contributed by atoms with Gasteiger partial charge in [-0.05, 0) is 24.6 Å². The number of hydrogen-bond donors (Lipinski definition) is 8. The van der Waals surface area contributed by atoms with Crippen LogP contribution in [0.5, 0.6) is 11.5 Å². The van der Waals surface area contributed by atoms with Crippen molar-refractivity contribution in [3.63, 3.8) is 0 Å². The number of thiazole rings is 1. The third-order valence-electron chi connectivity index (χ3n) is 6.87. The maximum Gasteiger partial charge on any atom is 0.352 e. The van der Waals surface area contributed by atoms with Crippen LogP contribution < -0.4 is 22.5 Å². The van der Waals surface area contributed by atoms with Gasteiger partial charge >= 0.3 is 11.9 Å². The minimum atomic E-state index is -1.83. The largest absolute Gasteiger partial charge is 0.504 e. The van der Waals surface area contributed by atoms with Gasteiger partial charge in [0.1, 0.15) is 34.4 Å². The summed E-state index contributed by atoms with van der Waals surface area (Å²) in [5, 5.41) is 46.2. The predicted molar refractivity (Wildman–Crippen MR) is 170 cm³/mol. The van der Waals surface area contributed by atoms with Crippen LogP contribution in [0.1, 0.15) is 22.9 Å². The molecular weight excluding hydrogens is 679 g/mol. The molecule has 1 aromatic carbocycles. The smallest absolute Gasteiger partial charge is 0.352 e. The van der Waals surface area contributed by atoms with Crippen molar-refractivity contribution in [3.05, 3.63) is 51.7 Å². The van der Waals surface area contributed by atoms with Gasteiger partial charge in [0.25, 0.3) is 11.8 Å².